The molecule has 5 heteroatoms. The van der Waals surface area contributed by atoms with Gasteiger partial charge in [-0.15, -0.1) is 11.3 Å². The topological polar surface area (TPSA) is 50.9 Å². The number of aryl methyl sites for hydroxylation is 1. The summed E-state index contributed by atoms with van der Waals surface area (Å²) in [5.74, 6) is 0. The highest BCUT2D eigenvalue weighted by Crippen LogP contribution is 2.23. The van der Waals surface area contributed by atoms with Gasteiger partial charge in [0, 0.05) is 24.3 Å². The average molecular weight is 223 g/mol. The molecule has 0 aliphatic rings. The van der Waals surface area contributed by atoms with Crippen molar-refractivity contribution in [2.75, 3.05) is 0 Å². The van der Waals surface area contributed by atoms with Crippen LogP contribution in [0.4, 0.5) is 0 Å². The van der Waals surface area contributed by atoms with Gasteiger partial charge in [-0.2, -0.15) is 5.10 Å². The molecule has 80 valence electrons. The Morgan fingerprint density at radius 3 is 3.07 bits per heavy atom. The Morgan fingerprint density at radius 1 is 1.53 bits per heavy atom. The van der Waals surface area contributed by atoms with E-state index in [-0.39, 0.29) is 0 Å². The zero-order valence-electron chi connectivity index (χ0n) is 8.50. The number of hydrogen-bond donors (Lipinski definition) is 1. The van der Waals surface area contributed by atoms with E-state index < -0.39 is 6.10 Å². The molecule has 1 unspecified atom stereocenters. The molecule has 2 aromatic rings. The molecule has 0 aliphatic heterocycles. The lowest BCUT2D eigenvalue weighted by Crippen LogP contribution is -2.09. The lowest BCUT2D eigenvalue weighted by atomic mass is 10.2. The fourth-order valence-corrected chi connectivity index (χ4v) is 2.10. The van der Waals surface area contributed by atoms with E-state index in [2.05, 4.69) is 17.0 Å². The summed E-state index contributed by atoms with van der Waals surface area (Å²) >= 11 is 1.45. The second-order valence-electron chi connectivity index (χ2n) is 3.25. The first kappa shape index (κ1) is 10.3. The van der Waals surface area contributed by atoms with Crippen LogP contribution < -0.4 is 0 Å². The molecular formula is C10H13N3OS. The van der Waals surface area contributed by atoms with Gasteiger partial charge in [0.05, 0.1) is 5.69 Å². The fraction of sp³-hybridized carbons (Fsp3) is 0.400. The smallest absolute Gasteiger partial charge is 0.147 e. The molecule has 0 aromatic carbocycles. The number of aliphatic hydroxyl groups is 1. The first-order valence-electron chi connectivity index (χ1n) is 4.92. The van der Waals surface area contributed by atoms with Gasteiger partial charge in [0.1, 0.15) is 11.1 Å². The standard InChI is InChI=1S/C10H13N3OS/c1-2-6-13-8(3-4-12-13)9(14)10-11-5-7-15-10/h3-5,7,9,14H,2,6H2,1H3. The largest absolute Gasteiger partial charge is 0.380 e. The number of aromatic nitrogens is 3. The van der Waals surface area contributed by atoms with Gasteiger partial charge >= 0.3 is 0 Å². The quantitative estimate of drug-likeness (QED) is 0.860. The molecule has 2 aromatic heterocycles. The Bertz CT molecular complexity index is 410. The van der Waals surface area contributed by atoms with E-state index in [1.54, 1.807) is 12.4 Å². The van der Waals surface area contributed by atoms with Gasteiger partial charge in [-0.3, -0.25) is 4.68 Å². The number of thiazole rings is 1. The van der Waals surface area contributed by atoms with E-state index in [4.69, 9.17) is 0 Å². The molecule has 1 N–H and O–H groups in total. The maximum atomic E-state index is 10.1. The van der Waals surface area contributed by atoms with Crippen LogP contribution in [0.25, 0.3) is 0 Å². The van der Waals surface area contributed by atoms with Crippen LogP contribution >= 0.6 is 11.3 Å². The van der Waals surface area contributed by atoms with E-state index in [0.717, 1.165) is 18.7 Å². The molecule has 0 saturated heterocycles. The zero-order valence-corrected chi connectivity index (χ0v) is 9.31. The molecule has 0 spiro atoms. The van der Waals surface area contributed by atoms with Crippen LogP contribution in [0.3, 0.4) is 0 Å². The molecule has 0 bridgehead atoms. The number of aliphatic hydroxyl groups excluding tert-OH is 1. The average Bonchev–Trinajstić information content (AvgIpc) is 2.87. The Labute approximate surface area is 92.2 Å². The summed E-state index contributed by atoms with van der Waals surface area (Å²) in [6, 6.07) is 1.84. The van der Waals surface area contributed by atoms with Gasteiger partial charge < -0.3 is 5.11 Å². The van der Waals surface area contributed by atoms with Crippen molar-refractivity contribution in [1.82, 2.24) is 14.8 Å². The Kier molecular flexibility index (Phi) is 3.13. The van der Waals surface area contributed by atoms with Crippen molar-refractivity contribution in [2.24, 2.45) is 0 Å². The van der Waals surface area contributed by atoms with E-state index in [1.807, 2.05) is 16.1 Å². The summed E-state index contributed by atoms with van der Waals surface area (Å²) < 4.78 is 1.83. The van der Waals surface area contributed by atoms with Gasteiger partial charge in [0.25, 0.3) is 0 Å². The van der Waals surface area contributed by atoms with Gasteiger partial charge in [0.15, 0.2) is 0 Å². The van der Waals surface area contributed by atoms with Crippen LogP contribution in [0.5, 0.6) is 0 Å². The molecular weight excluding hydrogens is 210 g/mol. The SMILES string of the molecule is CCCn1nccc1C(O)c1nccs1. The van der Waals surface area contributed by atoms with Crippen molar-refractivity contribution in [3.8, 4) is 0 Å². The molecule has 0 amide bonds. The monoisotopic (exact) mass is 223 g/mol. The predicted octanol–water partition coefficient (Wildman–Crippen LogP) is 1.83. The van der Waals surface area contributed by atoms with Crippen LogP contribution in [-0.4, -0.2) is 19.9 Å². The first-order valence-corrected chi connectivity index (χ1v) is 5.80. The molecule has 0 radical (unpaired) electrons. The van der Waals surface area contributed by atoms with Crippen LogP contribution in [0, 0.1) is 0 Å². The third-order valence-electron chi connectivity index (χ3n) is 2.15. The summed E-state index contributed by atoms with van der Waals surface area (Å²) in [4.78, 5) is 4.10. The highest BCUT2D eigenvalue weighted by molar-refractivity contribution is 7.09. The van der Waals surface area contributed by atoms with Crippen LogP contribution in [0.15, 0.2) is 23.8 Å². The van der Waals surface area contributed by atoms with E-state index in [9.17, 15) is 5.11 Å². The third kappa shape index (κ3) is 2.08. The normalized spacial score (nSPS) is 12.9. The Hall–Kier alpha value is -1.20. The molecule has 2 rings (SSSR count). The second-order valence-corrected chi connectivity index (χ2v) is 4.18. The van der Waals surface area contributed by atoms with Crippen LogP contribution in [-0.2, 0) is 6.54 Å². The molecule has 15 heavy (non-hydrogen) atoms. The summed E-state index contributed by atoms with van der Waals surface area (Å²) in [5, 5.41) is 16.8. The zero-order chi connectivity index (χ0) is 10.7. The van der Waals surface area contributed by atoms with Crippen molar-refractivity contribution in [1.29, 1.82) is 0 Å². The number of rotatable bonds is 4. The first-order chi connectivity index (χ1) is 7.33. The van der Waals surface area contributed by atoms with Crippen molar-refractivity contribution in [3.05, 3.63) is 34.5 Å². The fourth-order valence-electron chi connectivity index (χ4n) is 1.47. The minimum absolute atomic E-state index is 0.654. The van der Waals surface area contributed by atoms with E-state index >= 15 is 0 Å². The summed E-state index contributed by atoms with van der Waals surface area (Å²) in [5.41, 5.74) is 0.812. The van der Waals surface area contributed by atoms with Crippen molar-refractivity contribution >= 4 is 11.3 Å². The maximum Gasteiger partial charge on any atom is 0.147 e. The van der Waals surface area contributed by atoms with E-state index in [0.29, 0.717) is 5.01 Å². The lowest BCUT2D eigenvalue weighted by molar-refractivity contribution is 0.207. The number of hydrogen-bond acceptors (Lipinski definition) is 4. The summed E-state index contributed by atoms with van der Waals surface area (Å²) in [6.45, 7) is 2.91. The molecule has 2 heterocycles. The highest BCUT2D eigenvalue weighted by Gasteiger charge is 2.16. The molecule has 0 saturated carbocycles. The minimum Gasteiger partial charge on any atom is -0.380 e. The van der Waals surface area contributed by atoms with Gasteiger partial charge in [0.2, 0.25) is 0 Å². The van der Waals surface area contributed by atoms with Gasteiger partial charge in [-0.05, 0) is 12.5 Å². The van der Waals surface area contributed by atoms with Crippen molar-refractivity contribution < 1.29 is 5.11 Å². The van der Waals surface area contributed by atoms with Gasteiger partial charge in [-0.1, -0.05) is 6.92 Å². The second kappa shape index (κ2) is 4.55. The Balaban J connectivity index is 2.25. The van der Waals surface area contributed by atoms with Crippen LogP contribution in [0.1, 0.15) is 30.2 Å². The van der Waals surface area contributed by atoms with Crippen molar-refractivity contribution in [2.45, 2.75) is 26.0 Å². The molecule has 1 atom stereocenters. The lowest BCUT2D eigenvalue weighted by Gasteiger charge is -2.10. The summed E-state index contributed by atoms with van der Waals surface area (Å²) in [7, 11) is 0. The number of nitrogens with zero attached hydrogens (tertiary/aromatic N) is 3. The van der Waals surface area contributed by atoms with Crippen LogP contribution in [0.2, 0.25) is 0 Å². The maximum absolute atomic E-state index is 10.1. The summed E-state index contributed by atoms with van der Waals surface area (Å²) in [6.07, 6.45) is 3.75. The highest BCUT2D eigenvalue weighted by atomic mass is 32.1. The Morgan fingerprint density at radius 2 is 2.40 bits per heavy atom. The predicted molar refractivity (Wildman–Crippen MR) is 58.7 cm³/mol. The van der Waals surface area contributed by atoms with Crippen molar-refractivity contribution in [3.63, 3.8) is 0 Å². The third-order valence-corrected chi connectivity index (χ3v) is 2.98. The van der Waals surface area contributed by atoms with E-state index in [1.165, 1.54) is 11.3 Å². The van der Waals surface area contributed by atoms with Gasteiger partial charge in [-0.25, -0.2) is 4.98 Å². The molecule has 4 nitrogen and oxygen atoms in total. The minimum atomic E-state index is -0.654. The molecule has 0 fully saturated rings. The molecule has 0 aliphatic carbocycles.